The number of nitrogens with zero attached hydrogens (tertiary/aromatic N) is 3. The van der Waals surface area contributed by atoms with Crippen LogP contribution in [0.25, 0.3) is 5.69 Å². The van der Waals surface area contributed by atoms with Crippen LogP contribution in [0.2, 0.25) is 0 Å². The van der Waals surface area contributed by atoms with Gasteiger partial charge in [0.2, 0.25) is 0 Å². The average Bonchev–Trinajstić information content (AvgIpc) is 3.31. The van der Waals surface area contributed by atoms with Gasteiger partial charge in [-0.15, -0.1) is 0 Å². The number of nitrogens with one attached hydrogen (secondary N) is 1. The fraction of sp³-hybridized carbons (Fsp3) is 0.385. The standard InChI is InChI=1S/C26H29BrN4S/c1-17-16-22(18(2)30(17)21-13-11-19(27)12-14-21)25-24(23-10-6-7-15-28-23)29-26(32)31(25)20-8-4-3-5-9-20/h6-7,10-16,20,24-25H,3-5,8-9H2,1-2H3,(H,29,32). The van der Waals surface area contributed by atoms with Gasteiger partial charge in [-0.25, -0.2) is 0 Å². The third-order valence-electron chi connectivity index (χ3n) is 6.98. The first kappa shape index (κ1) is 21.7. The Balaban J connectivity index is 1.62. The largest absolute Gasteiger partial charge is 0.352 e. The van der Waals surface area contributed by atoms with E-state index in [0.29, 0.717) is 6.04 Å². The lowest BCUT2D eigenvalue weighted by atomic mass is 9.90. The van der Waals surface area contributed by atoms with Gasteiger partial charge in [0, 0.05) is 33.8 Å². The van der Waals surface area contributed by atoms with Gasteiger partial charge >= 0.3 is 0 Å². The van der Waals surface area contributed by atoms with Gasteiger partial charge in [0.25, 0.3) is 0 Å². The van der Waals surface area contributed by atoms with Gasteiger partial charge in [-0.05, 0) is 86.9 Å². The first-order valence-corrected chi connectivity index (χ1v) is 12.7. The highest BCUT2D eigenvalue weighted by Gasteiger charge is 2.44. The van der Waals surface area contributed by atoms with E-state index in [2.05, 4.69) is 87.0 Å². The third kappa shape index (κ3) is 3.88. The molecular formula is C26H29BrN4S. The summed E-state index contributed by atoms with van der Waals surface area (Å²) in [5, 5.41) is 4.52. The first-order valence-electron chi connectivity index (χ1n) is 11.5. The van der Waals surface area contributed by atoms with Crippen LogP contribution in [0.15, 0.2) is 59.2 Å². The van der Waals surface area contributed by atoms with Gasteiger partial charge in [-0.1, -0.05) is 41.3 Å². The van der Waals surface area contributed by atoms with Crippen LogP contribution in [-0.2, 0) is 0 Å². The van der Waals surface area contributed by atoms with Gasteiger partial charge in [-0.3, -0.25) is 4.98 Å². The van der Waals surface area contributed by atoms with Crippen LogP contribution in [-0.4, -0.2) is 25.6 Å². The quantitative estimate of drug-likeness (QED) is 0.404. The highest BCUT2D eigenvalue weighted by Crippen LogP contribution is 2.44. The van der Waals surface area contributed by atoms with Gasteiger partial charge in [-0.2, -0.15) is 0 Å². The van der Waals surface area contributed by atoms with Crippen molar-refractivity contribution in [2.24, 2.45) is 0 Å². The topological polar surface area (TPSA) is 33.1 Å². The van der Waals surface area contributed by atoms with Crippen molar-refractivity contribution in [3.8, 4) is 5.69 Å². The molecule has 5 rings (SSSR count). The second-order valence-electron chi connectivity index (χ2n) is 8.96. The highest BCUT2D eigenvalue weighted by atomic mass is 79.9. The number of halogens is 1. The van der Waals surface area contributed by atoms with Crippen LogP contribution in [0.1, 0.15) is 66.8 Å². The van der Waals surface area contributed by atoms with Crippen molar-refractivity contribution in [1.82, 2.24) is 19.8 Å². The molecule has 4 nitrogen and oxygen atoms in total. The summed E-state index contributed by atoms with van der Waals surface area (Å²) in [7, 11) is 0. The Hall–Kier alpha value is -2.18. The molecule has 1 saturated heterocycles. The monoisotopic (exact) mass is 508 g/mol. The summed E-state index contributed by atoms with van der Waals surface area (Å²) in [6.45, 7) is 4.43. The molecule has 1 aromatic carbocycles. The fourth-order valence-corrected chi connectivity index (χ4v) is 6.18. The number of aromatic nitrogens is 2. The van der Waals surface area contributed by atoms with E-state index in [9.17, 15) is 0 Å². The zero-order valence-corrected chi connectivity index (χ0v) is 21.0. The lowest BCUT2D eigenvalue weighted by molar-refractivity contribution is 0.197. The lowest BCUT2D eigenvalue weighted by Crippen LogP contribution is -2.40. The Morgan fingerprint density at radius 3 is 2.47 bits per heavy atom. The van der Waals surface area contributed by atoms with Gasteiger partial charge in [0.1, 0.15) is 0 Å². The van der Waals surface area contributed by atoms with Crippen molar-refractivity contribution < 1.29 is 0 Å². The number of hydrogen-bond donors (Lipinski definition) is 1. The summed E-state index contributed by atoms with van der Waals surface area (Å²) < 4.78 is 3.45. The molecule has 1 aliphatic carbocycles. The van der Waals surface area contributed by atoms with Crippen LogP contribution < -0.4 is 5.32 Å². The summed E-state index contributed by atoms with van der Waals surface area (Å²) in [5.74, 6) is 0. The molecule has 0 amide bonds. The average molecular weight is 510 g/mol. The van der Waals surface area contributed by atoms with E-state index in [4.69, 9.17) is 17.2 Å². The molecule has 2 aliphatic rings. The highest BCUT2D eigenvalue weighted by molar-refractivity contribution is 9.10. The molecule has 2 fully saturated rings. The normalized spacial score (nSPS) is 21.7. The smallest absolute Gasteiger partial charge is 0.170 e. The van der Waals surface area contributed by atoms with Crippen LogP contribution in [0, 0.1) is 13.8 Å². The van der Waals surface area contributed by atoms with E-state index in [-0.39, 0.29) is 12.1 Å². The van der Waals surface area contributed by atoms with Crippen molar-refractivity contribution in [2.75, 3.05) is 0 Å². The summed E-state index contributed by atoms with van der Waals surface area (Å²) in [4.78, 5) is 7.22. The zero-order chi connectivity index (χ0) is 22.2. The van der Waals surface area contributed by atoms with Crippen molar-refractivity contribution in [3.05, 3.63) is 81.8 Å². The second kappa shape index (κ2) is 8.99. The molecule has 3 heterocycles. The molecule has 2 atom stereocenters. The molecule has 0 radical (unpaired) electrons. The summed E-state index contributed by atoms with van der Waals surface area (Å²) >= 11 is 9.50. The fourth-order valence-electron chi connectivity index (χ4n) is 5.53. The molecule has 1 N–H and O–H groups in total. The van der Waals surface area contributed by atoms with E-state index in [1.54, 1.807) is 0 Å². The Morgan fingerprint density at radius 1 is 1.03 bits per heavy atom. The van der Waals surface area contributed by atoms with Gasteiger partial charge < -0.3 is 14.8 Å². The number of aryl methyl sites for hydroxylation is 1. The van der Waals surface area contributed by atoms with E-state index >= 15 is 0 Å². The third-order valence-corrected chi connectivity index (χ3v) is 7.83. The van der Waals surface area contributed by atoms with E-state index in [0.717, 1.165) is 15.3 Å². The number of pyridine rings is 1. The van der Waals surface area contributed by atoms with Crippen molar-refractivity contribution >= 4 is 33.3 Å². The first-order chi connectivity index (χ1) is 15.5. The van der Waals surface area contributed by atoms with Crippen molar-refractivity contribution in [2.45, 2.75) is 64.1 Å². The molecule has 3 aromatic rings. The van der Waals surface area contributed by atoms with Gasteiger partial charge in [0.15, 0.2) is 5.11 Å². The van der Waals surface area contributed by atoms with Crippen LogP contribution in [0.3, 0.4) is 0 Å². The Labute approximate surface area is 204 Å². The number of benzene rings is 1. The van der Waals surface area contributed by atoms with Crippen molar-refractivity contribution in [1.29, 1.82) is 0 Å². The molecule has 1 saturated carbocycles. The maximum Gasteiger partial charge on any atom is 0.170 e. The predicted octanol–water partition coefficient (Wildman–Crippen LogP) is 6.56. The van der Waals surface area contributed by atoms with Crippen LogP contribution in [0.5, 0.6) is 0 Å². The maximum atomic E-state index is 5.94. The Morgan fingerprint density at radius 2 is 1.78 bits per heavy atom. The van der Waals surface area contributed by atoms with Crippen molar-refractivity contribution in [3.63, 3.8) is 0 Å². The lowest BCUT2D eigenvalue weighted by Gasteiger charge is -2.37. The molecule has 0 spiro atoms. The minimum Gasteiger partial charge on any atom is -0.352 e. The molecule has 1 aliphatic heterocycles. The van der Waals surface area contributed by atoms with Gasteiger partial charge in [0.05, 0.1) is 17.8 Å². The molecule has 2 aromatic heterocycles. The predicted molar refractivity (Wildman–Crippen MR) is 137 cm³/mol. The Bertz CT molecular complexity index is 1100. The second-order valence-corrected chi connectivity index (χ2v) is 10.3. The van der Waals surface area contributed by atoms with E-state index < -0.39 is 0 Å². The number of rotatable bonds is 4. The van der Waals surface area contributed by atoms with E-state index in [1.807, 2.05) is 12.3 Å². The summed E-state index contributed by atoms with van der Waals surface area (Å²) in [6, 6.07) is 17.7. The summed E-state index contributed by atoms with van der Waals surface area (Å²) in [6.07, 6.45) is 8.19. The van der Waals surface area contributed by atoms with Crippen LogP contribution >= 0.6 is 28.1 Å². The molecule has 6 heteroatoms. The maximum absolute atomic E-state index is 5.94. The minimum absolute atomic E-state index is 0.0458. The SMILES string of the molecule is Cc1cc(C2C(c3ccccn3)NC(=S)N2C2CCCCC2)c(C)n1-c1ccc(Br)cc1. The van der Waals surface area contributed by atoms with E-state index in [1.165, 1.54) is 54.7 Å². The number of thiocarbonyl (C=S) groups is 1. The van der Waals surface area contributed by atoms with Crippen LogP contribution in [0.4, 0.5) is 0 Å². The Kier molecular flexibility index (Phi) is 6.08. The minimum atomic E-state index is 0.0458. The zero-order valence-electron chi connectivity index (χ0n) is 18.6. The molecule has 0 bridgehead atoms. The number of hydrogen-bond acceptors (Lipinski definition) is 2. The molecular weight excluding hydrogens is 480 g/mol. The summed E-state index contributed by atoms with van der Waals surface area (Å²) in [5.41, 5.74) is 6.07. The molecule has 32 heavy (non-hydrogen) atoms. The molecule has 166 valence electrons. The molecule has 2 unspecified atom stereocenters.